The van der Waals surface area contributed by atoms with Gasteiger partial charge in [0.1, 0.15) is 5.15 Å². The van der Waals surface area contributed by atoms with Crippen molar-refractivity contribution in [1.82, 2.24) is 15.2 Å². The Kier molecular flexibility index (Phi) is 6.92. The van der Waals surface area contributed by atoms with E-state index in [1.54, 1.807) is 12.1 Å². The summed E-state index contributed by atoms with van der Waals surface area (Å²) in [6.07, 6.45) is 5.82. The molecule has 1 fully saturated rings. The van der Waals surface area contributed by atoms with E-state index in [2.05, 4.69) is 34.6 Å². The van der Waals surface area contributed by atoms with Crippen LogP contribution in [0.1, 0.15) is 15.9 Å². The normalized spacial score (nSPS) is 15.1. The maximum atomic E-state index is 12.2. The molecule has 27 heavy (non-hydrogen) atoms. The fraction of sp³-hybridized carbons (Fsp3) is 0.250. The van der Waals surface area contributed by atoms with E-state index in [0.717, 1.165) is 32.7 Å². The number of carbonyl (C=O) groups is 1. The standard InChI is InChI=1S/C20H21ClN4OS/c21-18-9-8-17(15-22-18)19(26)23-20(27)25-13-11-24(12-14-25)10-4-7-16-5-2-1-3-6-16/h1-9,15H,10-14H2,(H,23,26,27)/p+1/b7-4+. The average Bonchev–Trinajstić information content (AvgIpc) is 2.70. The Bertz CT molecular complexity index is 802. The number of nitrogens with zero attached hydrogens (tertiary/aromatic N) is 2. The van der Waals surface area contributed by atoms with Crippen molar-refractivity contribution in [3.8, 4) is 0 Å². The van der Waals surface area contributed by atoms with Gasteiger partial charge in [0.2, 0.25) is 0 Å². The van der Waals surface area contributed by atoms with Gasteiger partial charge in [-0.15, -0.1) is 0 Å². The predicted octanol–water partition coefficient (Wildman–Crippen LogP) is 1.66. The molecule has 2 heterocycles. The number of carbonyl (C=O) groups excluding carboxylic acids is 1. The van der Waals surface area contributed by atoms with E-state index in [9.17, 15) is 4.79 Å². The first-order valence-corrected chi connectivity index (χ1v) is 9.67. The fourth-order valence-corrected chi connectivity index (χ4v) is 3.30. The van der Waals surface area contributed by atoms with E-state index in [1.165, 1.54) is 16.7 Å². The SMILES string of the molecule is O=C(NC(=S)N1CC[NH+](C/C=C/c2ccccc2)CC1)c1ccc(Cl)nc1. The number of aromatic nitrogens is 1. The molecule has 1 aliphatic rings. The summed E-state index contributed by atoms with van der Waals surface area (Å²) in [5.74, 6) is -0.260. The number of hydrogen-bond donors (Lipinski definition) is 2. The van der Waals surface area contributed by atoms with Crippen LogP contribution in [0, 0.1) is 0 Å². The molecule has 0 saturated carbocycles. The van der Waals surface area contributed by atoms with Gasteiger partial charge in [-0.3, -0.25) is 10.1 Å². The molecule has 1 aromatic carbocycles. The highest BCUT2D eigenvalue weighted by Gasteiger charge is 2.22. The summed E-state index contributed by atoms with van der Waals surface area (Å²) in [6, 6.07) is 13.5. The summed E-state index contributed by atoms with van der Waals surface area (Å²) in [5.41, 5.74) is 1.66. The second kappa shape index (κ2) is 9.60. The number of amides is 1. The van der Waals surface area contributed by atoms with Crippen molar-refractivity contribution in [2.24, 2.45) is 0 Å². The third-order valence-electron chi connectivity index (χ3n) is 4.48. The summed E-state index contributed by atoms with van der Waals surface area (Å²) >= 11 is 11.1. The minimum Gasteiger partial charge on any atom is -0.338 e. The van der Waals surface area contributed by atoms with Crippen LogP contribution in [-0.4, -0.2) is 53.6 Å². The lowest BCUT2D eigenvalue weighted by atomic mass is 10.2. The van der Waals surface area contributed by atoms with Crippen LogP contribution >= 0.6 is 23.8 Å². The Morgan fingerprint density at radius 3 is 2.63 bits per heavy atom. The number of hydrogen-bond acceptors (Lipinski definition) is 3. The molecule has 7 heteroatoms. The van der Waals surface area contributed by atoms with Crippen LogP contribution in [0.25, 0.3) is 6.08 Å². The van der Waals surface area contributed by atoms with Crippen LogP contribution in [0.4, 0.5) is 0 Å². The van der Waals surface area contributed by atoms with Gasteiger partial charge in [0.25, 0.3) is 5.91 Å². The maximum Gasteiger partial charge on any atom is 0.258 e. The molecule has 1 amide bonds. The minimum atomic E-state index is -0.260. The van der Waals surface area contributed by atoms with E-state index in [4.69, 9.17) is 23.8 Å². The van der Waals surface area contributed by atoms with Crippen LogP contribution in [-0.2, 0) is 0 Å². The third kappa shape index (κ3) is 5.85. The van der Waals surface area contributed by atoms with E-state index in [0.29, 0.717) is 15.8 Å². The number of benzene rings is 1. The van der Waals surface area contributed by atoms with Crippen LogP contribution < -0.4 is 10.2 Å². The lowest BCUT2D eigenvalue weighted by molar-refractivity contribution is -0.897. The molecule has 2 N–H and O–H groups in total. The van der Waals surface area contributed by atoms with Crippen LogP contribution in [0.15, 0.2) is 54.7 Å². The first-order valence-electron chi connectivity index (χ1n) is 8.89. The summed E-state index contributed by atoms with van der Waals surface area (Å²) in [7, 11) is 0. The molecule has 5 nitrogen and oxygen atoms in total. The highest BCUT2D eigenvalue weighted by atomic mass is 35.5. The van der Waals surface area contributed by atoms with Crippen LogP contribution in [0.3, 0.4) is 0 Å². The summed E-state index contributed by atoms with van der Waals surface area (Å²) < 4.78 is 0. The van der Waals surface area contributed by atoms with Crippen molar-refractivity contribution in [2.45, 2.75) is 0 Å². The second-order valence-electron chi connectivity index (χ2n) is 6.38. The zero-order chi connectivity index (χ0) is 19.1. The van der Waals surface area contributed by atoms with Crippen molar-refractivity contribution < 1.29 is 9.69 Å². The minimum absolute atomic E-state index is 0.260. The first kappa shape index (κ1) is 19.5. The van der Waals surface area contributed by atoms with Gasteiger partial charge in [0.15, 0.2) is 5.11 Å². The number of piperazine rings is 1. The van der Waals surface area contributed by atoms with Crippen molar-refractivity contribution >= 4 is 40.9 Å². The number of thiocarbonyl (C=S) groups is 1. The average molecular weight is 402 g/mol. The maximum absolute atomic E-state index is 12.2. The van der Waals surface area contributed by atoms with Gasteiger partial charge >= 0.3 is 0 Å². The number of halogens is 1. The zero-order valence-electron chi connectivity index (χ0n) is 14.9. The van der Waals surface area contributed by atoms with Gasteiger partial charge < -0.3 is 9.80 Å². The Hall–Kier alpha value is -2.28. The molecule has 1 aliphatic heterocycles. The number of nitrogens with one attached hydrogen (secondary N) is 2. The van der Waals surface area contributed by atoms with E-state index in [1.807, 2.05) is 23.1 Å². The van der Waals surface area contributed by atoms with Crippen LogP contribution in [0.2, 0.25) is 5.15 Å². The van der Waals surface area contributed by atoms with Gasteiger partial charge in [-0.25, -0.2) is 4.98 Å². The highest BCUT2D eigenvalue weighted by molar-refractivity contribution is 7.80. The molecule has 0 bridgehead atoms. The lowest BCUT2D eigenvalue weighted by Gasteiger charge is -2.33. The molecule has 0 atom stereocenters. The fourth-order valence-electron chi connectivity index (χ4n) is 2.91. The Balaban J connectivity index is 1.43. The summed E-state index contributed by atoms with van der Waals surface area (Å²) in [4.78, 5) is 19.7. The molecule has 140 valence electrons. The second-order valence-corrected chi connectivity index (χ2v) is 7.16. The number of rotatable bonds is 4. The number of quaternary nitrogens is 1. The quantitative estimate of drug-likeness (QED) is 0.604. The van der Waals surface area contributed by atoms with Gasteiger partial charge in [-0.1, -0.05) is 48.0 Å². The predicted molar refractivity (Wildman–Crippen MR) is 112 cm³/mol. The Morgan fingerprint density at radius 1 is 1.22 bits per heavy atom. The van der Waals surface area contributed by atoms with Crippen molar-refractivity contribution in [1.29, 1.82) is 0 Å². The smallest absolute Gasteiger partial charge is 0.258 e. The molecule has 1 saturated heterocycles. The lowest BCUT2D eigenvalue weighted by Crippen LogP contribution is -3.14. The summed E-state index contributed by atoms with van der Waals surface area (Å²) in [6.45, 7) is 4.60. The van der Waals surface area contributed by atoms with Gasteiger partial charge in [-0.2, -0.15) is 0 Å². The van der Waals surface area contributed by atoms with Gasteiger partial charge in [0, 0.05) is 6.20 Å². The molecule has 1 aromatic heterocycles. The zero-order valence-corrected chi connectivity index (χ0v) is 16.5. The largest absolute Gasteiger partial charge is 0.338 e. The third-order valence-corrected chi connectivity index (χ3v) is 5.07. The molecular formula is C20H22ClN4OS+. The van der Waals surface area contributed by atoms with E-state index < -0.39 is 0 Å². The Labute approximate surface area is 169 Å². The van der Waals surface area contributed by atoms with Gasteiger partial charge in [-0.05, 0) is 36.0 Å². The van der Waals surface area contributed by atoms with Gasteiger partial charge in [0.05, 0.1) is 38.3 Å². The van der Waals surface area contributed by atoms with Crippen molar-refractivity contribution in [3.05, 3.63) is 71.0 Å². The molecule has 2 aromatic rings. The van der Waals surface area contributed by atoms with E-state index >= 15 is 0 Å². The molecule has 0 radical (unpaired) electrons. The molecule has 3 rings (SSSR count). The van der Waals surface area contributed by atoms with E-state index in [-0.39, 0.29) is 5.91 Å². The number of pyridine rings is 1. The molecule has 0 unspecified atom stereocenters. The molecular weight excluding hydrogens is 380 g/mol. The van der Waals surface area contributed by atoms with Crippen molar-refractivity contribution in [2.75, 3.05) is 32.7 Å². The molecule has 0 spiro atoms. The monoisotopic (exact) mass is 401 g/mol. The Morgan fingerprint density at radius 2 is 1.96 bits per heavy atom. The topological polar surface area (TPSA) is 49.7 Å². The van der Waals surface area contributed by atoms with Crippen LogP contribution in [0.5, 0.6) is 0 Å². The molecule has 0 aliphatic carbocycles. The highest BCUT2D eigenvalue weighted by Crippen LogP contribution is 2.05. The first-order chi connectivity index (χ1) is 13.1. The summed E-state index contributed by atoms with van der Waals surface area (Å²) in [5, 5.41) is 3.60. The van der Waals surface area contributed by atoms with Crippen molar-refractivity contribution in [3.63, 3.8) is 0 Å².